The van der Waals surface area contributed by atoms with Crippen LogP contribution < -0.4 is 10.2 Å². The van der Waals surface area contributed by atoms with Gasteiger partial charge in [-0.2, -0.15) is 0 Å². The predicted molar refractivity (Wildman–Crippen MR) is 106 cm³/mol. The second-order valence-corrected chi connectivity index (χ2v) is 8.53. The van der Waals surface area contributed by atoms with Crippen LogP contribution in [0.4, 0.5) is 10.8 Å². The number of thioether (sulfide) groups is 1. The number of hydrogen-bond donors (Lipinski definition) is 1. The van der Waals surface area contributed by atoms with Gasteiger partial charge in [-0.05, 0) is 43.9 Å². The molecule has 1 saturated carbocycles. The second kappa shape index (κ2) is 8.18. The molecule has 1 aromatic carbocycles. The van der Waals surface area contributed by atoms with Gasteiger partial charge in [0, 0.05) is 18.2 Å². The number of anilines is 2. The highest BCUT2D eigenvalue weighted by molar-refractivity contribution is 8.01. The highest BCUT2D eigenvalue weighted by atomic mass is 32.2. The lowest BCUT2D eigenvalue weighted by molar-refractivity contribution is -0.118. The number of rotatable bonds is 7. The summed E-state index contributed by atoms with van der Waals surface area (Å²) in [4.78, 5) is 26.1. The molecule has 1 aliphatic rings. The minimum absolute atomic E-state index is 0.0767. The van der Waals surface area contributed by atoms with Gasteiger partial charge in [-0.3, -0.25) is 14.5 Å². The Labute approximate surface area is 161 Å². The van der Waals surface area contributed by atoms with Crippen molar-refractivity contribution >= 4 is 45.7 Å². The quantitative estimate of drug-likeness (QED) is 0.575. The van der Waals surface area contributed by atoms with Crippen LogP contribution in [0.3, 0.4) is 0 Å². The SMILES string of the molecule is CCC(=O)N(c1nnc(SCC(=O)Nc2cc(C)ccc2C)s1)C1CC1. The maximum Gasteiger partial charge on any atom is 0.234 e. The Balaban J connectivity index is 1.58. The van der Waals surface area contributed by atoms with E-state index in [1.54, 1.807) is 4.90 Å². The summed E-state index contributed by atoms with van der Waals surface area (Å²) in [6.45, 7) is 5.82. The number of carbonyl (C=O) groups is 2. The van der Waals surface area contributed by atoms with Gasteiger partial charge < -0.3 is 5.32 Å². The van der Waals surface area contributed by atoms with Crippen molar-refractivity contribution in [3.63, 3.8) is 0 Å². The Kier molecular flexibility index (Phi) is 5.93. The zero-order chi connectivity index (χ0) is 18.7. The molecule has 0 aliphatic heterocycles. The molecule has 26 heavy (non-hydrogen) atoms. The summed E-state index contributed by atoms with van der Waals surface area (Å²) >= 11 is 2.72. The van der Waals surface area contributed by atoms with Crippen LogP contribution in [0.1, 0.15) is 37.3 Å². The van der Waals surface area contributed by atoms with Crippen LogP contribution in [-0.2, 0) is 9.59 Å². The Bertz CT molecular complexity index is 817. The molecule has 1 N–H and O–H groups in total. The largest absolute Gasteiger partial charge is 0.325 e. The summed E-state index contributed by atoms with van der Waals surface area (Å²) in [6.07, 6.45) is 2.49. The second-order valence-electron chi connectivity index (χ2n) is 6.35. The van der Waals surface area contributed by atoms with E-state index in [1.807, 2.05) is 39.0 Å². The summed E-state index contributed by atoms with van der Waals surface area (Å²) in [6, 6.07) is 6.24. The van der Waals surface area contributed by atoms with Gasteiger partial charge in [0.2, 0.25) is 16.9 Å². The van der Waals surface area contributed by atoms with Crippen LogP contribution in [0.25, 0.3) is 0 Å². The van der Waals surface area contributed by atoms with Crippen LogP contribution >= 0.6 is 23.1 Å². The highest BCUT2D eigenvalue weighted by Gasteiger charge is 2.35. The first kappa shape index (κ1) is 18.8. The summed E-state index contributed by atoms with van der Waals surface area (Å²) < 4.78 is 0.700. The maximum atomic E-state index is 12.2. The third kappa shape index (κ3) is 4.62. The van der Waals surface area contributed by atoms with E-state index < -0.39 is 0 Å². The predicted octanol–water partition coefficient (Wildman–Crippen LogP) is 3.79. The molecule has 1 heterocycles. The minimum atomic E-state index is -0.0795. The molecular weight excluding hydrogens is 368 g/mol. The van der Waals surface area contributed by atoms with E-state index in [0.29, 0.717) is 15.9 Å². The van der Waals surface area contributed by atoms with E-state index in [1.165, 1.54) is 23.1 Å². The fraction of sp³-hybridized carbons (Fsp3) is 0.444. The molecule has 0 saturated heterocycles. The zero-order valence-corrected chi connectivity index (χ0v) is 16.7. The lowest BCUT2D eigenvalue weighted by Crippen LogP contribution is -2.32. The summed E-state index contributed by atoms with van der Waals surface area (Å²) in [5.41, 5.74) is 2.97. The fourth-order valence-electron chi connectivity index (χ4n) is 2.51. The van der Waals surface area contributed by atoms with Crippen LogP contribution in [-0.4, -0.2) is 33.8 Å². The van der Waals surface area contributed by atoms with Crippen molar-refractivity contribution in [2.75, 3.05) is 16.0 Å². The van der Waals surface area contributed by atoms with Gasteiger partial charge in [0.25, 0.3) is 0 Å². The van der Waals surface area contributed by atoms with E-state index in [-0.39, 0.29) is 23.6 Å². The number of amides is 2. The third-order valence-corrected chi connectivity index (χ3v) is 6.13. The number of aryl methyl sites for hydroxylation is 2. The van der Waals surface area contributed by atoms with Crippen molar-refractivity contribution in [1.82, 2.24) is 10.2 Å². The Morgan fingerprint density at radius 2 is 2.08 bits per heavy atom. The van der Waals surface area contributed by atoms with E-state index in [0.717, 1.165) is 29.7 Å². The molecule has 6 nitrogen and oxygen atoms in total. The molecule has 0 bridgehead atoms. The number of aromatic nitrogens is 2. The van der Waals surface area contributed by atoms with Gasteiger partial charge in [0.15, 0.2) is 4.34 Å². The first-order valence-electron chi connectivity index (χ1n) is 8.63. The van der Waals surface area contributed by atoms with Crippen LogP contribution in [0, 0.1) is 13.8 Å². The Morgan fingerprint density at radius 1 is 1.31 bits per heavy atom. The molecule has 8 heteroatoms. The van der Waals surface area contributed by atoms with Crippen molar-refractivity contribution in [3.05, 3.63) is 29.3 Å². The normalized spacial score (nSPS) is 13.5. The monoisotopic (exact) mass is 390 g/mol. The van der Waals surface area contributed by atoms with E-state index in [2.05, 4.69) is 15.5 Å². The molecule has 1 fully saturated rings. The molecule has 0 spiro atoms. The van der Waals surface area contributed by atoms with E-state index >= 15 is 0 Å². The minimum Gasteiger partial charge on any atom is -0.325 e. The van der Waals surface area contributed by atoms with Gasteiger partial charge in [-0.1, -0.05) is 42.2 Å². The van der Waals surface area contributed by atoms with E-state index in [9.17, 15) is 9.59 Å². The standard InChI is InChI=1S/C18H22N4O2S2/c1-4-16(24)22(13-7-8-13)17-20-21-18(26-17)25-10-15(23)19-14-9-11(2)5-6-12(14)3/h5-6,9,13H,4,7-8,10H2,1-3H3,(H,19,23). The molecule has 0 atom stereocenters. The van der Waals surface area contributed by atoms with Crippen molar-refractivity contribution in [3.8, 4) is 0 Å². The molecule has 2 amide bonds. The summed E-state index contributed by atoms with van der Waals surface area (Å²) in [5, 5.41) is 11.9. The van der Waals surface area contributed by atoms with Crippen molar-refractivity contribution < 1.29 is 9.59 Å². The third-order valence-electron chi connectivity index (χ3n) is 4.08. The zero-order valence-electron chi connectivity index (χ0n) is 15.1. The van der Waals surface area contributed by atoms with Crippen LogP contribution in [0.2, 0.25) is 0 Å². The van der Waals surface area contributed by atoms with Gasteiger partial charge in [-0.25, -0.2) is 0 Å². The molecule has 0 radical (unpaired) electrons. The van der Waals surface area contributed by atoms with Crippen LogP contribution in [0.5, 0.6) is 0 Å². The van der Waals surface area contributed by atoms with Gasteiger partial charge in [0.1, 0.15) is 0 Å². The van der Waals surface area contributed by atoms with Crippen molar-refractivity contribution in [2.45, 2.75) is 50.4 Å². The molecule has 138 valence electrons. The van der Waals surface area contributed by atoms with Gasteiger partial charge in [0.05, 0.1) is 5.75 Å². The topological polar surface area (TPSA) is 75.2 Å². The first-order valence-corrected chi connectivity index (χ1v) is 10.4. The highest BCUT2D eigenvalue weighted by Crippen LogP contribution is 2.36. The van der Waals surface area contributed by atoms with Gasteiger partial charge in [-0.15, -0.1) is 10.2 Å². The Morgan fingerprint density at radius 3 is 2.77 bits per heavy atom. The number of carbonyl (C=O) groups excluding carboxylic acids is 2. The number of benzene rings is 1. The fourth-order valence-corrected chi connectivity index (χ4v) is 4.24. The number of hydrogen-bond acceptors (Lipinski definition) is 6. The first-order chi connectivity index (χ1) is 12.5. The van der Waals surface area contributed by atoms with Crippen LogP contribution in [0.15, 0.2) is 22.5 Å². The number of nitrogens with one attached hydrogen (secondary N) is 1. The van der Waals surface area contributed by atoms with E-state index in [4.69, 9.17) is 0 Å². The Hall–Kier alpha value is -1.93. The molecule has 2 aromatic rings. The number of nitrogens with zero attached hydrogens (tertiary/aromatic N) is 3. The average Bonchev–Trinajstić information content (AvgIpc) is 3.34. The van der Waals surface area contributed by atoms with Crippen molar-refractivity contribution in [1.29, 1.82) is 0 Å². The smallest absolute Gasteiger partial charge is 0.234 e. The average molecular weight is 391 g/mol. The van der Waals surface area contributed by atoms with Crippen molar-refractivity contribution in [2.24, 2.45) is 0 Å². The summed E-state index contributed by atoms with van der Waals surface area (Å²) in [5.74, 6) is 0.254. The molecule has 3 rings (SSSR count). The lowest BCUT2D eigenvalue weighted by atomic mass is 10.1. The maximum absolute atomic E-state index is 12.2. The van der Waals surface area contributed by atoms with Gasteiger partial charge >= 0.3 is 0 Å². The molecule has 1 aromatic heterocycles. The lowest BCUT2D eigenvalue weighted by Gasteiger charge is -2.17. The molecule has 0 unspecified atom stereocenters. The molecule has 1 aliphatic carbocycles. The summed E-state index contributed by atoms with van der Waals surface area (Å²) in [7, 11) is 0. The molecular formula is C18H22N4O2S2.